The molecule has 3 saturated carbocycles. The van der Waals surface area contributed by atoms with Crippen LogP contribution in [0.1, 0.15) is 56.8 Å². The van der Waals surface area contributed by atoms with Gasteiger partial charge in [-0.05, 0) is 67.7 Å². The van der Waals surface area contributed by atoms with Crippen LogP contribution in [0, 0.1) is 28.6 Å². The van der Waals surface area contributed by atoms with Gasteiger partial charge in [0.15, 0.2) is 17.2 Å². The number of allylic oxidation sites excluding steroid dienone is 4. The first-order valence-electron chi connectivity index (χ1n) is 12.6. The Hall–Kier alpha value is -1.95. The van der Waals surface area contributed by atoms with E-state index in [4.69, 9.17) is 27.9 Å². The van der Waals surface area contributed by atoms with Crippen molar-refractivity contribution in [2.45, 2.75) is 63.0 Å². The molecule has 0 unspecified atom stereocenters. The zero-order chi connectivity index (χ0) is 26.1. The predicted octanol–water partition coefficient (Wildman–Crippen LogP) is 5.28. The van der Waals surface area contributed by atoms with Gasteiger partial charge >= 0.3 is 5.97 Å². The van der Waals surface area contributed by atoms with Crippen molar-refractivity contribution in [3.05, 3.63) is 59.7 Å². The smallest absolute Gasteiger partial charge is 0.339 e. The van der Waals surface area contributed by atoms with Gasteiger partial charge in [0.1, 0.15) is 0 Å². The maximum absolute atomic E-state index is 13.5. The van der Waals surface area contributed by atoms with Crippen LogP contribution >= 0.6 is 23.2 Å². The molecular formula is C29H32Cl2O5. The van der Waals surface area contributed by atoms with E-state index in [0.717, 1.165) is 5.57 Å². The third kappa shape index (κ3) is 3.21. The largest absolute Gasteiger partial charge is 0.447 e. The highest BCUT2D eigenvalue weighted by Gasteiger charge is 2.75. The first kappa shape index (κ1) is 25.7. The average Bonchev–Trinajstić information content (AvgIpc) is 3.14. The van der Waals surface area contributed by atoms with Crippen molar-refractivity contribution in [1.29, 1.82) is 0 Å². The van der Waals surface area contributed by atoms with Crippen molar-refractivity contribution in [3.8, 4) is 0 Å². The Balaban J connectivity index is 1.59. The summed E-state index contributed by atoms with van der Waals surface area (Å²) < 4.78 is 6.15. The zero-order valence-electron chi connectivity index (χ0n) is 20.8. The third-order valence-electron chi connectivity index (χ3n) is 9.94. The molecular weight excluding hydrogens is 499 g/mol. The lowest BCUT2D eigenvalue weighted by atomic mass is 9.44. The van der Waals surface area contributed by atoms with Gasteiger partial charge < -0.3 is 9.84 Å². The molecule has 0 saturated heterocycles. The number of fused-ring (bicyclic) bond motifs is 5. The highest BCUT2D eigenvalue weighted by molar-refractivity contribution is 6.29. The van der Waals surface area contributed by atoms with Crippen LogP contribution in [-0.2, 0) is 14.3 Å². The summed E-state index contributed by atoms with van der Waals surface area (Å²) in [5.41, 5.74) is -1.71. The fourth-order valence-corrected chi connectivity index (χ4v) is 8.88. The lowest BCUT2D eigenvalue weighted by molar-refractivity contribution is -0.172. The van der Waals surface area contributed by atoms with E-state index in [9.17, 15) is 19.5 Å². The monoisotopic (exact) mass is 530 g/mol. The second-order valence-corrected chi connectivity index (χ2v) is 12.4. The summed E-state index contributed by atoms with van der Waals surface area (Å²) in [6.07, 6.45) is 5.87. The number of hydrogen-bond donors (Lipinski definition) is 1. The molecule has 0 spiro atoms. The third-order valence-corrected chi connectivity index (χ3v) is 11.1. The fraction of sp³-hybridized carbons (Fsp3) is 0.552. The van der Waals surface area contributed by atoms with Crippen molar-refractivity contribution < 1.29 is 24.2 Å². The molecule has 1 N–H and O–H groups in total. The molecule has 5 nitrogen and oxygen atoms in total. The summed E-state index contributed by atoms with van der Waals surface area (Å²) in [6, 6.07) is 8.61. The maximum atomic E-state index is 13.5. The first-order valence-corrected chi connectivity index (χ1v) is 13.6. The molecule has 1 aromatic rings. The molecule has 192 valence electrons. The van der Waals surface area contributed by atoms with Gasteiger partial charge in [0.25, 0.3) is 0 Å². The van der Waals surface area contributed by atoms with E-state index in [-0.39, 0.29) is 41.6 Å². The van der Waals surface area contributed by atoms with Crippen LogP contribution in [0.25, 0.3) is 0 Å². The number of aliphatic hydroxyl groups is 1. The highest BCUT2D eigenvalue weighted by Crippen LogP contribution is 2.71. The van der Waals surface area contributed by atoms with Crippen LogP contribution in [0.15, 0.2) is 54.1 Å². The Labute approximate surface area is 221 Å². The average molecular weight is 531 g/mol. The Bertz CT molecular complexity index is 1180. The minimum atomic E-state index is -1.45. The predicted molar refractivity (Wildman–Crippen MR) is 138 cm³/mol. The van der Waals surface area contributed by atoms with Gasteiger partial charge in [0.05, 0.1) is 22.4 Å². The van der Waals surface area contributed by atoms with Gasteiger partial charge in [-0.3, -0.25) is 9.59 Å². The normalized spacial score (nSPS) is 43.2. The van der Waals surface area contributed by atoms with Gasteiger partial charge in [0.2, 0.25) is 0 Å². The number of Topliss-reactive ketones (excluding diaryl/α,β-unsaturated/α-hetero) is 1. The lowest BCUT2D eigenvalue weighted by Gasteiger charge is -2.65. The Morgan fingerprint density at radius 3 is 2.53 bits per heavy atom. The van der Waals surface area contributed by atoms with Gasteiger partial charge in [-0.1, -0.05) is 50.6 Å². The second kappa shape index (κ2) is 8.54. The van der Waals surface area contributed by atoms with E-state index in [0.29, 0.717) is 24.8 Å². The molecule has 4 aliphatic carbocycles. The summed E-state index contributed by atoms with van der Waals surface area (Å²) in [7, 11) is 0. The molecule has 8 atom stereocenters. The highest BCUT2D eigenvalue weighted by atomic mass is 35.5. The Kier molecular flexibility index (Phi) is 6.09. The van der Waals surface area contributed by atoms with Gasteiger partial charge in [-0.2, -0.15) is 0 Å². The van der Waals surface area contributed by atoms with Crippen LogP contribution in [0.5, 0.6) is 0 Å². The van der Waals surface area contributed by atoms with Crippen molar-refractivity contribution >= 4 is 40.7 Å². The number of benzene rings is 1. The number of aliphatic hydroxyl groups excluding tert-OH is 1. The van der Waals surface area contributed by atoms with E-state index in [2.05, 4.69) is 6.92 Å². The molecule has 36 heavy (non-hydrogen) atoms. The molecule has 4 aliphatic rings. The molecule has 0 heterocycles. The summed E-state index contributed by atoms with van der Waals surface area (Å²) in [4.78, 5) is 37.9. The van der Waals surface area contributed by atoms with Crippen molar-refractivity contribution in [2.24, 2.45) is 28.6 Å². The van der Waals surface area contributed by atoms with Crippen LogP contribution in [-0.4, -0.2) is 45.1 Å². The van der Waals surface area contributed by atoms with E-state index in [1.165, 1.54) is 0 Å². The first-order chi connectivity index (χ1) is 16.9. The fourth-order valence-electron chi connectivity index (χ4n) is 8.17. The van der Waals surface area contributed by atoms with Gasteiger partial charge in [0, 0.05) is 10.8 Å². The minimum absolute atomic E-state index is 0.0661. The van der Waals surface area contributed by atoms with E-state index >= 15 is 0 Å². The number of carbonyl (C=O) groups is 3. The summed E-state index contributed by atoms with van der Waals surface area (Å²) >= 11 is 13.6. The number of ether oxygens (including phenoxy) is 1. The van der Waals surface area contributed by atoms with E-state index in [1.807, 2.05) is 26.0 Å². The van der Waals surface area contributed by atoms with E-state index < -0.39 is 33.4 Å². The molecule has 0 aromatic heterocycles. The molecule has 0 aliphatic heterocycles. The summed E-state index contributed by atoms with van der Waals surface area (Å²) in [5.74, 6) is -1.44. The maximum Gasteiger partial charge on any atom is 0.339 e. The Morgan fingerprint density at radius 2 is 1.86 bits per heavy atom. The van der Waals surface area contributed by atoms with Crippen LogP contribution in [0.3, 0.4) is 0 Å². The molecule has 5 rings (SSSR count). The Morgan fingerprint density at radius 1 is 1.17 bits per heavy atom. The number of ketones is 2. The minimum Gasteiger partial charge on any atom is -0.447 e. The zero-order valence-corrected chi connectivity index (χ0v) is 22.3. The molecule has 0 bridgehead atoms. The van der Waals surface area contributed by atoms with Crippen molar-refractivity contribution in [2.75, 3.05) is 5.88 Å². The molecule has 0 amide bonds. The molecule has 0 radical (unpaired) electrons. The van der Waals surface area contributed by atoms with Crippen LogP contribution in [0.2, 0.25) is 0 Å². The quantitative estimate of drug-likeness (QED) is 0.423. The molecule has 7 heteroatoms. The number of esters is 1. The molecule has 3 fully saturated rings. The number of halogens is 2. The molecule has 1 aromatic carbocycles. The summed E-state index contributed by atoms with van der Waals surface area (Å²) in [6.45, 7) is 6.05. The number of carbonyl (C=O) groups excluding carboxylic acids is 3. The van der Waals surface area contributed by atoms with Gasteiger partial charge in [-0.15, -0.1) is 23.2 Å². The standard InChI is InChI=1S/C29H32Cl2O5/c1-17-13-22-20-10-12-28(24(34)16-30,36-25(35)18-7-5-4-6-8-18)27(20,3)15-23(33)29(22,31)26(2)11-9-19(32)14-21(17)26/h4-9,11,14,17,20,22-23,33H,10,12-13,15-16H2,1-3H3/t17-,20-,22-,23-,26-,27-,28-,29-/m0/s1. The number of hydrogen-bond acceptors (Lipinski definition) is 5. The number of rotatable bonds is 4. The lowest BCUT2D eigenvalue weighted by Crippen LogP contribution is -2.69. The summed E-state index contributed by atoms with van der Waals surface area (Å²) in [5, 5.41) is 11.8. The van der Waals surface area contributed by atoms with Gasteiger partial charge in [-0.25, -0.2) is 4.79 Å². The number of alkyl halides is 2. The van der Waals surface area contributed by atoms with Crippen molar-refractivity contribution in [3.63, 3.8) is 0 Å². The second-order valence-electron chi connectivity index (χ2n) is 11.5. The van der Waals surface area contributed by atoms with Crippen molar-refractivity contribution in [1.82, 2.24) is 0 Å². The topological polar surface area (TPSA) is 80.7 Å². The van der Waals surface area contributed by atoms with Crippen LogP contribution < -0.4 is 0 Å². The van der Waals surface area contributed by atoms with E-state index in [1.54, 1.807) is 36.4 Å². The van der Waals surface area contributed by atoms with Crippen LogP contribution in [0.4, 0.5) is 0 Å². The SMILES string of the molecule is C[C@H]1C[C@H]2[C@@H]3CC[C@](OC(=O)c4ccccc4)(C(=O)CCl)[C@@]3(C)C[C@H](O)[C@]2(Cl)[C@@]2(C)C=CC(=O)C=C12.